The van der Waals surface area contributed by atoms with Crippen molar-refractivity contribution in [3.05, 3.63) is 45.7 Å². The van der Waals surface area contributed by atoms with E-state index in [1.807, 2.05) is 18.4 Å². The number of hydrogen-bond acceptors (Lipinski definition) is 3. The van der Waals surface area contributed by atoms with Crippen molar-refractivity contribution in [2.45, 2.75) is 13.5 Å². The second-order valence-corrected chi connectivity index (χ2v) is 4.74. The van der Waals surface area contributed by atoms with Crippen LogP contribution in [0.3, 0.4) is 0 Å². The number of halogens is 2. The van der Waals surface area contributed by atoms with E-state index in [1.54, 1.807) is 11.3 Å². The molecule has 0 aliphatic rings. The third-order valence-corrected chi connectivity index (χ3v) is 3.48. The van der Waals surface area contributed by atoms with Crippen LogP contribution < -0.4 is 11.1 Å². The van der Waals surface area contributed by atoms with E-state index >= 15 is 0 Å². The molecule has 0 unspecified atom stereocenters. The van der Waals surface area contributed by atoms with Gasteiger partial charge in [-0.15, -0.1) is 11.3 Å². The number of anilines is 2. The lowest BCUT2D eigenvalue weighted by Crippen LogP contribution is -2.04. The number of rotatable bonds is 3. The highest BCUT2D eigenvalue weighted by molar-refractivity contribution is 7.10. The number of aryl methyl sites for hydroxylation is 1. The maximum Gasteiger partial charge on any atom is 0.151 e. The van der Waals surface area contributed by atoms with Gasteiger partial charge in [-0.2, -0.15) is 0 Å². The Morgan fingerprint density at radius 3 is 2.47 bits per heavy atom. The van der Waals surface area contributed by atoms with Crippen LogP contribution in [0.1, 0.15) is 10.4 Å². The molecule has 0 radical (unpaired) electrons. The van der Waals surface area contributed by atoms with Crippen LogP contribution >= 0.6 is 11.3 Å². The molecule has 90 valence electrons. The molecular formula is C12H12F2N2S. The Morgan fingerprint density at radius 1 is 1.29 bits per heavy atom. The first-order chi connectivity index (χ1) is 8.08. The van der Waals surface area contributed by atoms with E-state index in [0.717, 1.165) is 22.6 Å². The molecule has 2 nitrogen and oxygen atoms in total. The average molecular weight is 254 g/mol. The Morgan fingerprint density at radius 2 is 1.94 bits per heavy atom. The molecule has 3 N–H and O–H groups in total. The zero-order chi connectivity index (χ0) is 12.4. The summed E-state index contributed by atoms with van der Waals surface area (Å²) in [5.41, 5.74) is 6.40. The average Bonchev–Trinajstić information content (AvgIpc) is 2.62. The molecule has 0 atom stereocenters. The minimum absolute atomic E-state index is 0.0813. The predicted octanol–water partition coefficient (Wildman–Crippen LogP) is 3.53. The van der Waals surface area contributed by atoms with Crippen LogP contribution in [0.25, 0.3) is 0 Å². The van der Waals surface area contributed by atoms with E-state index in [2.05, 4.69) is 5.32 Å². The Balaban J connectivity index is 2.17. The van der Waals surface area contributed by atoms with E-state index in [0.29, 0.717) is 6.54 Å². The van der Waals surface area contributed by atoms with Gasteiger partial charge in [0.2, 0.25) is 0 Å². The van der Waals surface area contributed by atoms with Crippen molar-refractivity contribution in [3.8, 4) is 0 Å². The van der Waals surface area contributed by atoms with Crippen molar-refractivity contribution in [2.24, 2.45) is 0 Å². The second-order valence-electron chi connectivity index (χ2n) is 3.74. The van der Waals surface area contributed by atoms with Gasteiger partial charge in [-0.1, -0.05) is 0 Å². The van der Waals surface area contributed by atoms with Gasteiger partial charge in [-0.05, 0) is 36.1 Å². The van der Waals surface area contributed by atoms with Crippen molar-refractivity contribution >= 4 is 22.7 Å². The Hall–Kier alpha value is -1.62. The van der Waals surface area contributed by atoms with Gasteiger partial charge < -0.3 is 11.1 Å². The fourth-order valence-electron chi connectivity index (χ4n) is 1.52. The highest BCUT2D eigenvalue weighted by atomic mass is 32.1. The lowest BCUT2D eigenvalue weighted by molar-refractivity contribution is 0.589. The van der Waals surface area contributed by atoms with Crippen molar-refractivity contribution < 1.29 is 8.78 Å². The molecule has 5 heteroatoms. The van der Waals surface area contributed by atoms with Crippen LogP contribution in [-0.2, 0) is 6.54 Å². The number of hydrogen-bond donors (Lipinski definition) is 2. The van der Waals surface area contributed by atoms with E-state index in [9.17, 15) is 8.78 Å². The normalized spacial score (nSPS) is 10.5. The van der Waals surface area contributed by atoms with E-state index in [1.165, 1.54) is 0 Å². The van der Waals surface area contributed by atoms with E-state index in [-0.39, 0.29) is 11.4 Å². The van der Waals surface area contributed by atoms with E-state index < -0.39 is 11.6 Å². The van der Waals surface area contributed by atoms with Crippen LogP contribution in [0, 0.1) is 18.6 Å². The van der Waals surface area contributed by atoms with Gasteiger partial charge in [0.05, 0.1) is 0 Å². The SMILES string of the molecule is Cc1ccsc1CNc1c(F)cc(N)cc1F. The van der Waals surface area contributed by atoms with Gasteiger partial charge in [0.25, 0.3) is 0 Å². The molecule has 1 aromatic heterocycles. The molecule has 0 spiro atoms. The zero-order valence-corrected chi connectivity index (χ0v) is 10.1. The van der Waals surface area contributed by atoms with Gasteiger partial charge in [-0.25, -0.2) is 8.78 Å². The Labute approximate surface area is 102 Å². The lowest BCUT2D eigenvalue weighted by Gasteiger charge is -2.09. The van der Waals surface area contributed by atoms with Gasteiger partial charge in [-0.3, -0.25) is 0 Å². The van der Waals surface area contributed by atoms with Crippen molar-refractivity contribution in [1.82, 2.24) is 0 Å². The van der Waals surface area contributed by atoms with Crippen LogP contribution in [0.4, 0.5) is 20.2 Å². The van der Waals surface area contributed by atoms with Crippen molar-refractivity contribution in [3.63, 3.8) is 0 Å². The number of benzene rings is 1. The summed E-state index contributed by atoms with van der Waals surface area (Å²) in [4.78, 5) is 1.06. The third-order valence-electron chi connectivity index (χ3n) is 2.46. The topological polar surface area (TPSA) is 38.0 Å². The van der Waals surface area contributed by atoms with Gasteiger partial charge >= 0.3 is 0 Å². The first-order valence-corrected chi connectivity index (χ1v) is 5.97. The Kier molecular flexibility index (Phi) is 3.28. The third kappa shape index (κ3) is 2.55. The largest absolute Gasteiger partial charge is 0.399 e. The molecule has 0 saturated carbocycles. The number of nitrogen functional groups attached to an aromatic ring is 1. The molecule has 2 rings (SSSR count). The number of thiophene rings is 1. The maximum absolute atomic E-state index is 13.5. The zero-order valence-electron chi connectivity index (χ0n) is 9.26. The predicted molar refractivity (Wildman–Crippen MR) is 67.2 cm³/mol. The van der Waals surface area contributed by atoms with Crippen LogP contribution in [-0.4, -0.2) is 0 Å². The van der Waals surface area contributed by atoms with Gasteiger partial charge in [0.1, 0.15) is 5.69 Å². The monoisotopic (exact) mass is 254 g/mol. The summed E-state index contributed by atoms with van der Waals surface area (Å²) < 4.78 is 26.9. The van der Waals surface area contributed by atoms with E-state index in [4.69, 9.17) is 5.73 Å². The molecule has 17 heavy (non-hydrogen) atoms. The lowest BCUT2D eigenvalue weighted by atomic mass is 10.2. The number of nitrogens with one attached hydrogen (secondary N) is 1. The summed E-state index contributed by atoms with van der Waals surface area (Å²) >= 11 is 1.55. The second kappa shape index (κ2) is 4.71. The van der Waals surface area contributed by atoms with Crippen molar-refractivity contribution in [1.29, 1.82) is 0 Å². The summed E-state index contributed by atoms with van der Waals surface area (Å²) in [6, 6.07) is 4.18. The fourth-order valence-corrected chi connectivity index (χ4v) is 2.36. The molecule has 1 heterocycles. The molecule has 0 fully saturated rings. The molecule has 2 aromatic rings. The summed E-state index contributed by atoms with van der Waals surface area (Å²) in [5.74, 6) is -1.34. The molecule has 0 saturated heterocycles. The molecule has 1 aromatic carbocycles. The van der Waals surface area contributed by atoms with Gasteiger partial charge in [0.15, 0.2) is 11.6 Å². The molecule has 0 aliphatic heterocycles. The van der Waals surface area contributed by atoms with Crippen LogP contribution in [0.15, 0.2) is 23.6 Å². The quantitative estimate of drug-likeness (QED) is 0.822. The Bertz CT molecular complexity index is 514. The minimum Gasteiger partial charge on any atom is -0.399 e. The first kappa shape index (κ1) is 11.9. The highest BCUT2D eigenvalue weighted by Crippen LogP contribution is 2.24. The summed E-state index contributed by atoms with van der Waals surface area (Å²) in [6.07, 6.45) is 0. The molecular weight excluding hydrogens is 242 g/mol. The van der Waals surface area contributed by atoms with Crippen LogP contribution in [0.2, 0.25) is 0 Å². The summed E-state index contributed by atoms with van der Waals surface area (Å²) in [6.45, 7) is 2.37. The maximum atomic E-state index is 13.5. The number of nitrogens with two attached hydrogens (primary N) is 1. The molecule has 0 bridgehead atoms. The molecule has 0 amide bonds. The highest BCUT2D eigenvalue weighted by Gasteiger charge is 2.10. The van der Waals surface area contributed by atoms with Gasteiger partial charge in [0, 0.05) is 17.1 Å². The summed E-state index contributed by atoms with van der Waals surface area (Å²) in [5, 5.41) is 4.70. The summed E-state index contributed by atoms with van der Waals surface area (Å²) in [7, 11) is 0. The smallest absolute Gasteiger partial charge is 0.151 e. The van der Waals surface area contributed by atoms with Crippen molar-refractivity contribution in [2.75, 3.05) is 11.1 Å². The standard InChI is InChI=1S/C12H12F2N2S/c1-7-2-3-17-11(7)6-16-12-9(13)4-8(15)5-10(12)14/h2-5,16H,6,15H2,1H3. The fraction of sp³-hybridized carbons (Fsp3) is 0.167. The molecule has 0 aliphatic carbocycles. The van der Waals surface area contributed by atoms with Crippen LogP contribution in [0.5, 0.6) is 0 Å². The first-order valence-electron chi connectivity index (χ1n) is 5.09. The minimum atomic E-state index is -0.670.